The summed E-state index contributed by atoms with van der Waals surface area (Å²) in [6.07, 6.45) is 9.68. The third-order valence-corrected chi connectivity index (χ3v) is 3.91. The molecule has 4 heteroatoms. The first kappa shape index (κ1) is 14.8. The molecule has 2 N–H and O–H groups in total. The van der Waals surface area contributed by atoms with Crippen LogP contribution in [0, 0.1) is 5.92 Å². The van der Waals surface area contributed by atoms with Crippen LogP contribution >= 0.6 is 12.4 Å². The molecule has 0 aromatic heterocycles. The van der Waals surface area contributed by atoms with Crippen molar-refractivity contribution in [2.75, 3.05) is 13.1 Å². The fourth-order valence-electron chi connectivity index (χ4n) is 2.83. The smallest absolute Gasteiger partial charge is 0.223 e. The molecule has 17 heavy (non-hydrogen) atoms. The van der Waals surface area contributed by atoms with E-state index in [1.165, 1.54) is 38.5 Å². The van der Waals surface area contributed by atoms with Crippen LogP contribution in [0.15, 0.2) is 0 Å². The molecule has 0 aromatic rings. The van der Waals surface area contributed by atoms with Gasteiger partial charge in [-0.25, -0.2) is 0 Å². The molecule has 0 bridgehead atoms. The zero-order valence-electron chi connectivity index (χ0n) is 10.5. The van der Waals surface area contributed by atoms with Gasteiger partial charge in [-0.2, -0.15) is 0 Å². The Morgan fingerprint density at radius 1 is 0.941 bits per heavy atom. The Kier molecular flexibility index (Phi) is 6.90. The van der Waals surface area contributed by atoms with Gasteiger partial charge in [0.25, 0.3) is 0 Å². The summed E-state index contributed by atoms with van der Waals surface area (Å²) in [5, 5.41) is 6.57. The van der Waals surface area contributed by atoms with E-state index in [4.69, 9.17) is 0 Å². The van der Waals surface area contributed by atoms with Crippen molar-refractivity contribution in [2.45, 2.75) is 57.4 Å². The molecule has 0 unspecified atom stereocenters. The quantitative estimate of drug-likeness (QED) is 0.748. The van der Waals surface area contributed by atoms with Crippen LogP contribution < -0.4 is 10.6 Å². The Morgan fingerprint density at radius 2 is 1.53 bits per heavy atom. The summed E-state index contributed by atoms with van der Waals surface area (Å²) in [4.78, 5) is 12.0. The van der Waals surface area contributed by atoms with Crippen LogP contribution in [0.5, 0.6) is 0 Å². The lowest BCUT2D eigenvalue weighted by atomic mass is 9.96. The second kappa shape index (κ2) is 7.93. The highest BCUT2D eigenvalue weighted by atomic mass is 35.5. The summed E-state index contributed by atoms with van der Waals surface area (Å²) in [5.74, 6) is 0.581. The minimum Gasteiger partial charge on any atom is -0.353 e. The Hall–Kier alpha value is -0.280. The average Bonchev–Trinajstić information content (AvgIpc) is 2.59. The number of piperidine rings is 1. The molecule has 100 valence electrons. The number of hydrogen-bond acceptors (Lipinski definition) is 2. The maximum absolute atomic E-state index is 12.0. The molecule has 1 heterocycles. The molecule has 1 saturated carbocycles. The van der Waals surface area contributed by atoms with Gasteiger partial charge in [0.1, 0.15) is 0 Å². The van der Waals surface area contributed by atoms with Crippen LogP contribution in [0.2, 0.25) is 0 Å². The van der Waals surface area contributed by atoms with Gasteiger partial charge in [-0.3, -0.25) is 4.79 Å². The minimum absolute atomic E-state index is 0. The van der Waals surface area contributed by atoms with Gasteiger partial charge in [-0.15, -0.1) is 12.4 Å². The largest absolute Gasteiger partial charge is 0.353 e. The van der Waals surface area contributed by atoms with E-state index in [0.29, 0.717) is 11.9 Å². The predicted molar refractivity (Wildman–Crippen MR) is 72.5 cm³/mol. The molecule has 0 radical (unpaired) electrons. The van der Waals surface area contributed by atoms with Crippen molar-refractivity contribution in [1.82, 2.24) is 10.6 Å². The highest BCUT2D eigenvalue weighted by Crippen LogP contribution is 2.19. The normalized spacial score (nSPS) is 23.5. The lowest BCUT2D eigenvalue weighted by molar-refractivity contribution is -0.126. The van der Waals surface area contributed by atoms with Crippen molar-refractivity contribution in [2.24, 2.45) is 5.92 Å². The molecule has 1 amide bonds. The molecule has 2 rings (SSSR count). The highest BCUT2D eigenvalue weighted by molar-refractivity contribution is 5.85. The number of nitrogens with one attached hydrogen (secondary N) is 2. The maximum Gasteiger partial charge on any atom is 0.223 e. The van der Waals surface area contributed by atoms with Gasteiger partial charge in [0.2, 0.25) is 5.91 Å². The van der Waals surface area contributed by atoms with Crippen molar-refractivity contribution in [3.05, 3.63) is 0 Å². The van der Waals surface area contributed by atoms with E-state index in [1.807, 2.05) is 0 Å². The van der Waals surface area contributed by atoms with Crippen LogP contribution in [0.3, 0.4) is 0 Å². The van der Waals surface area contributed by atoms with Crippen molar-refractivity contribution < 1.29 is 4.79 Å². The second-order valence-corrected chi connectivity index (χ2v) is 5.22. The van der Waals surface area contributed by atoms with E-state index in [0.717, 1.165) is 25.9 Å². The molecular weight excluding hydrogens is 236 g/mol. The Balaban J connectivity index is 0.00000144. The zero-order valence-corrected chi connectivity index (χ0v) is 11.4. The first-order valence-corrected chi connectivity index (χ1v) is 6.87. The van der Waals surface area contributed by atoms with E-state index in [-0.39, 0.29) is 18.3 Å². The zero-order chi connectivity index (χ0) is 11.2. The lowest BCUT2D eigenvalue weighted by Gasteiger charge is -2.24. The monoisotopic (exact) mass is 260 g/mol. The van der Waals surface area contributed by atoms with Gasteiger partial charge in [0, 0.05) is 12.0 Å². The number of hydrogen-bond donors (Lipinski definition) is 2. The Bertz CT molecular complexity index is 221. The SMILES string of the molecule is Cl.O=C(NC1CCCCCC1)C1CCNCC1. The molecule has 1 saturated heterocycles. The molecule has 0 atom stereocenters. The van der Waals surface area contributed by atoms with Crippen molar-refractivity contribution >= 4 is 18.3 Å². The summed E-state index contributed by atoms with van der Waals surface area (Å²) in [5.41, 5.74) is 0. The fraction of sp³-hybridized carbons (Fsp3) is 0.923. The topological polar surface area (TPSA) is 41.1 Å². The first-order valence-electron chi connectivity index (χ1n) is 6.87. The number of carbonyl (C=O) groups is 1. The number of rotatable bonds is 2. The van der Waals surface area contributed by atoms with Crippen LogP contribution in [0.1, 0.15) is 51.4 Å². The summed E-state index contributed by atoms with van der Waals surface area (Å²) in [7, 11) is 0. The fourth-order valence-corrected chi connectivity index (χ4v) is 2.83. The first-order chi connectivity index (χ1) is 7.86. The molecular formula is C13H25ClN2O. The van der Waals surface area contributed by atoms with Crippen LogP contribution in [0.25, 0.3) is 0 Å². The van der Waals surface area contributed by atoms with Gasteiger partial charge < -0.3 is 10.6 Å². The predicted octanol–water partition coefficient (Wildman–Crippen LogP) is 2.25. The maximum atomic E-state index is 12.0. The second-order valence-electron chi connectivity index (χ2n) is 5.22. The molecule has 1 aliphatic heterocycles. The van der Waals surface area contributed by atoms with Gasteiger partial charge in [0.05, 0.1) is 0 Å². The van der Waals surface area contributed by atoms with Crippen LogP contribution in [-0.4, -0.2) is 25.0 Å². The summed E-state index contributed by atoms with van der Waals surface area (Å²) in [6.45, 7) is 2.01. The minimum atomic E-state index is 0. The van der Waals surface area contributed by atoms with Gasteiger partial charge in [-0.1, -0.05) is 25.7 Å². The number of halogens is 1. The van der Waals surface area contributed by atoms with Crippen molar-refractivity contribution in [1.29, 1.82) is 0 Å². The third kappa shape index (κ3) is 4.84. The van der Waals surface area contributed by atoms with E-state index in [9.17, 15) is 4.79 Å². The molecule has 3 nitrogen and oxygen atoms in total. The van der Waals surface area contributed by atoms with E-state index in [1.54, 1.807) is 0 Å². The molecule has 1 aliphatic carbocycles. The lowest BCUT2D eigenvalue weighted by Crippen LogP contribution is -2.42. The van der Waals surface area contributed by atoms with E-state index >= 15 is 0 Å². The average molecular weight is 261 g/mol. The number of carbonyl (C=O) groups excluding carboxylic acids is 1. The summed E-state index contributed by atoms with van der Waals surface area (Å²) in [6, 6.07) is 0.463. The highest BCUT2D eigenvalue weighted by Gasteiger charge is 2.23. The Morgan fingerprint density at radius 3 is 2.12 bits per heavy atom. The molecule has 2 fully saturated rings. The van der Waals surface area contributed by atoms with Gasteiger partial charge in [0.15, 0.2) is 0 Å². The summed E-state index contributed by atoms with van der Waals surface area (Å²) < 4.78 is 0. The summed E-state index contributed by atoms with van der Waals surface area (Å²) >= 11 is 0. The van der Waals surface area contributed by atoms with Crippen molar-refractivity contribution in [3.63, 3.8) is 0 Å². The molecule has 0 spiro atoms. The molecule has 0 aromatic carbocycles. The molecule has 2 aliphatic rings. The van der Waals surface area contributed by atoms with Crippen molar-refractivity contribution in [3.8, 4) is 0 Å². The van der Waals surface area contributed by atoms with Gasteiger partial charge in [-0.05, 0) is 38.8 Å². The van der Waals surface area contributed by atoms with Crippen LogP contribution in [-0.2, 0) is 4.79 Å². The van der Waals surface area contributed by atoms with Crippen LogP contribution in [0.4, 0.5) is 0 Å². The standard InChI is InChI=1S/C13H24N2O.ClH/c16-13(11-7-9-14-10-8-11)15-12-5-3-1-2-4-6-12;/h11-12,14H,1-10H2,(H,15,16);1H. The van der Waals surface area contributed by atoms with E-state index < -0.39 is 0 Å². The van der Waals surface area contributed by atoms with Gasteiger partial charge >= 0.3 is 0 Å². The number of amides is 1. The Labute approximate surface area is 111 Å². The third-order valence-electron chi connectivity index (χ3n) is 3.91. The van der Waals surface area contributed by atoms with E-state index in [2.05, 4.69) is 10.6 Å².